The van der Waals surface area contributed by atoms with Gasteiger partial charge >= 0.3 is 12.3 Å². The lowest BCUT2D eigenvalue weighted by Crippen LogP contribution is -2.17. The molecule has 0 fully saturated rings. The van der Waals surface area contributed by atoms with Gasteiger partial charge in [0.1, 0.15) is 17.1 Å². The van der Waals surface area contributed by atoms with Gasteiger partial charge in [-0.3, -0.25) is 4.68 Å². The zero-order valence-corrected chi connectivity index (χ0v) is 13.9. The number of rotatable bonds is 5. The third-order valence-electron chi connectivity index (χ3n) is 3.43. The standard InChI is InChI=1S/C17H13F3N4O3/c1-23-15(24-8-2-3-9-24)14(11-21-23)16(25)27-22-10-12-4-6-13(7-5-12)26-17(18,19)20/h2-11H,1H3/b22-10+. The predicted molar refractivity (Wildman–Crippen MR) is 88.7 cm³/mol. The molecule has 0 aliphatic carbocycles. The van der Waals surface area contributed by atoms with Crippen LogP contribution in [-0.2, 0) is 11.9 Å². The van der Waals surface area contributed by atoms with Crippen molar-refractivity contribution in [2.24, 2.45) is 12.2 Å². The summed E-state index contributed by atoms with van der Waals surface area (Å²) in [6.07, 6.45) is 1.30. The average molecular weight is 378 g/mol. The number of aryl methyl sites for hydroxylation is 1. The van der Waals surface area contributed by atoms with Crippen LogP contribution in [0.1, 0.15) is 15.9 Å². The first-order valence-electron chi connectivity index (χ1n) is 7.59. The molecule has 0 aliphatic heterocycles. The van der Waals surface area contributed by atoms with Crippen LogP contribution in [0.4, 0.5) is 13.2 Å². The maximum absolute atomic E-state index is 12.2. The van der Waals surface area contributed by atoms with Crippen molar-refractivity contribution in [2.75, 3.05) is 0 Å². The van der Waals surface area contributed by atoms with Gasteiger partial charge in [-0.2, -0.15) is 5.10 Å². The van der Waals surface area contributed by atoms with E-state index in [2.05, 4.69) is 15.0 Å². The highest BCUT2D eigenvalue weighted by molar-refractivity contribution is 5.93. The average Bonchev–Trinajstić information content (AvgIpc) is 3.24. The second-order valence-corrected chi connectivity index (χ2v) is 5.33. The van der Waals surface area contributed by atoms with Crippen LogP contribution in [0.15, 0.2) is 60.1 Å². The maximum atomic E-state index is 12.2. The van der Waals surface area contributed by atoms with E-state index in [1.807, 2.05) is 0 Å². The summed E-state index contributed by atoms with van der Waals surface area (Å²) in [5.74, 6) is -0.572. The lowest BCUT2D eigenvalue weighted by Gasteiger charge is -2.08. The van der Waals surface area contributed by atoms with Crippen molar-refractivity contribution < 1.29 is 27.5 Å². The minimum absolute atomic E-state index is 0.208. The minimum atomic E-state index is -4.76. The number of carbonyl (C=O) groups excluding carboxylic acids is 1. The van der Waals surface area contributed by atoms with Crippen molar-refractivity contribution in [3.05, 3.63) is 66.1 Å². The van der Waals surface area contributed by atoms with Crippen LogP contribution < -0.4 is 4.74 Å². The monoisotopic (exact) mass is 378 g/mol. The lowest BCUT2D eigenvalue weighted by molar-refractivity contribution is -0.274. The molecule has 0 bridgehead atoms. The van der Waals surface area contributed by atoms with E-state index in [-0.39, 0.29) is 11.3 Å². The molecule has 0 amide bonds. The third kappa shape index (κ3) is 4.54. The van der Waals surface area contributed by atoms with Crippen LogP contribution in [-0.4, -0.2) is 32.9 Å². The molecule has 27 heavy (non-hydrogen) atoms. The molecule has 0 saturated carbocycles. The Morgan fingerprint density at radius 3 is 2.48 bits per heavy atom. The summed E-state index contributed by atoms with van der Waals surface area (Å²) in [5, 5.41) is 7.61. The summed E-state index contributed by atoms with van der Waals surface area (Å²) < 4.78 is 43.3. The highest BCUT2D eigenvalue weighted by Gasteiger charge is 2.30. The zero-order valence-electron chi connectivity index (χ0n) is 13.9. The van der Waals surface area contributed by atoms with Gasteiger partial charge in [-0.1, -0.05) is 5.16 Å². The number of halogens is 3. The molecule has 0 atom stereocenters. The summed E-state index contributed by atoms with van der Waals surface area (Å²) >= 11 is 0. The van der Waals surface area contributed by atoms with Crippen molar-refractivity contribution in [2.45, 2.75) is 6.36 Å². The van der Waals surface area contributed by atoms with Crippen molar-refractivity contribution in [1.82, 2.24) is 14.3 Å². The molecule has 3 aromatic rings. The van der Waals surface area contributed by atoms with E-state index in [9.17, 15) is 18.0 Å². The summed E-state index contributed by atoms with van der Waals surface area (Å²) in [6, 6.07) is 8.53. The SMILES string of the molecule is Cn1ncc(C(=O)O/N=C/c2ccc(OC(F)(F)F)cc2)c1-n1cccc1. The molecule has 0 spiro atoms. The molecule has 0 aliphatic rings. The predicted octanol–water partition coefficient (Wildman–Crippen LogP) is 3.30. The van der Waals surface area contributed by atoms with Gasteiger partial charge in [-0.05, 0) is 42.0 Å². The Bertz CT molecular complexity index is 945. The molecule has 2 aromatic heterocycles. The number of carbonyl (C=O) groups is 1. The summed E-state index contributed by atoms with van der Waals surface area (Å²) in [5.41, 5.74) is 0.633. The second kappa shape index (κ2) is 7.36. The fraction of sp³-hybridized carbons (Fsp3) is 0.118. The van der Waals surface area contributed by atoms with Gasteiger partial charge in [0.2, 0.25) is 0 Å². The Labute approximate surface area is 151 Å². The molecule has 10 heteroatoms. The first kappa shape index (κ1) is 18.2. The molecule has 3 rings (SSSR count). The molecule has 0 N–H and O–H groups in total. The van der Waals surface area contributed by atoms with Gasteiger partial charge in [0.15, 0.2) is 0 Å². The fourth-order valence-electron chi connectivity index (χ4n) is 2.30. The Hall–Kier alpha value is -3.56. The molecule has 0 unspecified atom stereocenters. The Morgan fingerprint density at radius 2 is 1.85 bits per heavy atom. The Morgan fingerprint density at radius 1 is 1.19 bits per heavy atom. The van der Waals surface area contributed by atoms with Gasteiger partial charge < -0.3 is 14.1 Å². The number of nitrogens with zero attached hydrogens (tertiary/aromatic N) is 4. The van der Waals surface area contributed by atoms with E-state index in [0.717, 1.165) is 12.1 Å². The fourth-order valence-corrected chi connectivity index (χ4v) is 2.30. The van der Waals surface area contributed by atoms with E-state index in [1.54, 1.807) is 36.1 Å². The van der Waals surface area contributed by atoms with Gasteiger partial charge in [0.05, 0.1) is 12.4 Å². The third-order valence-corrected chi connectivity index (χ3v) is 3.43. The summed E-state index contributed by atoms with van der Waals surface area (Å²) in [4.78, 5) is 17.1. The normalized spacial score (nSPS) is 11.7. The molecule has 2 heterocycles. The summed E-state index contributed by atoms with van der Waals surface area (Å²) in [6.45, 7) is 0. The van der Waals surface area contributed by atoms with Crippen molar-refractivity contribution in [3.8, 4) is 11.6 Å². The van der Waals surface area contributed by atoms with E-state index < -0.39 is 12.3 Å². The minimum Gasteiger partial charge on any atom is -0.406 e. The Kier molecular flexibility index (Phi) is 4.97. The molecule has 140 valence electrons. The molecule has 1 aromatic carbocycles. The quantitative estimate of drug-likeness (QED) is 0.388. The molecular formula is C17H13F3N4O3. The first-order valence-corrected chi connectivity index (χ1v) is 7.59. The van der Waals surface area contributed by atoms with Crippen LogP contribution in [0.25, 0.3) is 5.82 Å². The van der Waals surface area contributed by atoms with Gasteiger partial charge in [-0.15, -0.1) is 13.2 Å². The lowest BCUT2D eigenvalue weighted by atomic mass is 10.2. The number of hydrogen-bond donors (Lipinski definition) is 0. The van der Waals surface area contributed by atoms with Crippen LogP contribution in [0.5, 0.6) is 5.75 Å². The second-order valence-electron chi connectivity index (χ2n) is 5.33. The summed E-state index contributed by atoms with van der Waals surface area (Å²) in [7, 11) is 1.68. The van der Waals surface area contributed by atoms with Crippen molar-refractivity contribution in [3.63, 3.8) is 0 Å². The van der Waals surface area contributed by atoms with Gasteiger partial charge in [0.25, 0.3) is 0 Å². The van der Waals surface area contributed by atoms with Crippen LogP contribution in [0.2, 0.25) is 0 Å². The van der Waals surface area contributed by atoms with Crippen LogP contribution in [0.3, 0.4) is 0 Å². The van der Waals surface area contributed by atoms with Crippen LogP contribution in [0, 0.1) is 0 Å². The van der Waals surface area contributed by atoms with Crippen LogP contribution >= 0.6 is 0 Å². The van der Waals surface area contributed by atoms with E-state index in [1.165, 1.54) is 29.2 Å². The van der Waals surface area contributed by atoms with E-state index in [4.69, 9.17) is 4.84 Å². The number of aromatic nitrogens is 3. The highest BCUT2D eigenvalue weighted by atomic mass is 19.4. The number of oxime groups is 1. The number of ether oxygens (including phenoxy) is 1. The smallest absolute Gasteiger partial charge is 0.406 e. The molecule has 0 saturated heterocycles. The van der Waals surface area contributed by atoms with Gasteiger partial charge in [-0.25, -0.2) is 4.79 Å². The number of alkyl halides is 3. The topological polar surface area (TPSA) is 70.6 Å². The maximum Gasteiger partial charge on any atom is 0.573 e. The molecule has 0 radical (unpaired) electrons. The number of benzene rings is 1. The highest BCUT2D eigenvalue weighted by Crippen LogP contribution is 2.22. The number of hydrogen-bond acceptors (Lipinski definition) is 5. The molecular weight excluding hydrogens is 365 g/mol. The van der Waals surface area contributed by atoms with E-state index >= 15 is 0 Å². The van der Waals surface area contributed by atoms with Gasteiger partial charge in [0, 0.05) is 19.4 Å². The Balaban J connectivity index is 1.66. The largest absolute Gasteiger partial charge is 0.573 e. The zero-order chi connectivity index (χ0) is 19.4. The van der Waals surface area contributed by atoms with Crippen molar-refractivity contribution >= 4 is 12.2 Å². The van der Waals surface area contributed by atoms with E-state index in [0.29, 0.717) is 11.4 Å². The van der Waals surface area contributed by atoms with Crippen molar-refractivity contribution in [1.29, 1.82) is 0 Å². The molecule has 7 nitrogen and oxygen atoms in total. The first-order chi connectivity index (χ1) is 12.8.